The SMILES string of the molecule is CC1CC[C@@]2(OC1)O[C@H]1C[C@H]3[C@@H]4CCC5CC(O[C@@H]6O[C@H](CO)[C@H](O)[C@H](O)[C@H]6O)CC[C@]5(C)[C@H]4CC[C@]3(C)[C@H]1[C@@H]2C. The molecule has 3 aliphatic heterocycles. The molecule has 8 nitrogen and oxygen atoms in total. The van der Waals surface area contributed by atoms with Gasteiger partial charge < -0.3 is 39.4 Å². The third-order valence-corrected chi connectivity index (χ3v) is 14.1. The van der Waals surface area contributed by atoms with E-state index in [1.165, 1.54) is 38.5 Å². The summed E-state index contributed by atoms with van der Waals surface area (Å²) in [7, 11) is 0. The number of aliphatic hydroxyl groups excluding tert-OH is 4. The van der Waals surface area contributed by atoms with E-state index in [0.717, 1.165) is 50.0 Å². The molecule has 4 aliphatic carbocycles. The van der Waals surface area contributed by atoms with Crippen LogP contribution >= 0.6 is 0 Å². The second-order valence-corrected chi connectivity index (χ2v) is 15.9. The Morgan fingerprint density at radius 2 is 1.61 bits per heavy atom. The second-order valence-electron chi connectivity index (χ2n) is 15.9. The van der Waals surface area contributed by atoms with Crippen molar-refractivity contribution >= 4 is 0 Å². The van der Waals surface area contributed by atoms with Crippen molar-refractivity contribution < 1.29 is 39.4 Å². The number of rotatable bonds is 3. The Hall–Kier alpha value is -0.320. The summed E-state index contributed by atoms with van der Waals surface area (Å²) < 4.78 is 25.4. The summed E-state index contributed by atoms with van der Waals surface area (Å²) in [5, 5.41) is 40.4. The van der Waals surface area contributed by atoms with Gasteiger partial charge in [-0.15, -0.1) is 0 Å². The lowest BCUT2D eigenvalue weighted by atomic mass is 9.44. The first-order valence-corrected chi connectivity index (χ1v) is 16.8. The van der Waals surface area contributed by atoms with Gasteiger partial charge in [0.2, 0.25) is 0 Å². The van der Waals surface area contributed by atoms with Crippen molar-refractivity contribution in [2.75, 3.05) is 13.2 Å². The fourth-order valence-corrected chi connectivity index (χ4v) is 11.7. The zero-order valence-electron chi connectivity index (χ0n) is 25.5. The summed E-state index contributed by atoms with van der Waals surface area (Å²) in [5.41, 5.74) is 0.612. The van der Waals surface area contributed by atoms with Crippen molar-refractivity contribution in [1.82, 2.24) is 0 Å². The van der Waals surface area contributed by atoms with Crippen LogP contribution in [0, 0.1) is 52.3 Å². The van der Waals surface area contributed by atoms with Crippen molar-refractivity contribution in [3.63, 3.8) is 0 Å². The van der Waals surface area contributed by atoms with Gasteiger partial charge in [-0.05, 0) is 104 Å². The van der Waals surface area contributed by atoms with Gasteiger partial charge in [0.25, 0.3) is 0 Å². The monoisotopic (exact) mass is 578 g/mol. The predicted octanol–water partition coefficient (Wildman–Crippen LogP) is 3.62. The third-order valence-electron chi connectivity index (χ3n) is 14.1. The number of hydrogen-bond donors (Lipinski definition) is 4. The minimum absolute atomic E-state index is 0.0607. The number of aliphatic hydroxyl groups is 4. The van der Waals surface area contributed by atoms with Crippen LogP contribution in [0.15, 0.2) is 0 Å². The van der Waals surface area contributed by atoms with Gasteiger partial charge in [-0.25, -0.2) is 0 Å². The lowest BCUT2D eigenvalue weighted by Crippen LogP contribution is -2.60. The molecule has 0 amide bonds. The van der Waals surface area contributed by atoms with Crippen LogP contribution in [0.3, 0.4) is 0 Å². The van der Waals surface area contributed by atoms with Crippen molar-refractivity contribution in [3.05, 3.63) is 0 Å². The van der Waals surface area contributed by atoms with E-state index in [2.05, 4.69) is 27.7 Å². The molecule has 234 valence electrons. The minimum Gasteiger partial charge on any atom is -0.394 e. The Kier molecular flexibility index (Phi) is 7.43. The first-order chi connectivity index (χ1) is 19.5. The Labute approximate surface area is 245 Å². The molecule has 8 heteroatoms. The summed E-state index contributed by atoms with van der Waals surface area (Å²) >= 11 is 0. The second kappa shape index (κ2) is 10.4. The molecular weight excluding hydrogens is 524 g/mol. The van der Waals surface area contributed by atoms with Gasteiger partial charge in [-0.1, -0.05) is 27.7 Å². The lowest BCUT2D eigenvalue weighted by molar-refractivity contribution is -0.316. The van der Waals surface area contributed by atoms with E-state index in [1.54, 1.807) is 0 Å². The number of fused-ring (bicyclic) bond motifs is 7. The molecule has 3 saturated heterocycles. The summed E-state index contributed by atoms with van der Waals surface area (Å²) in [5.74, 6) is 4.08. The molecule has 3 heterocycles. The van der Waals surface area contributed by atoms with Gasteiger partial charge in [-0.3, -0.25) is 0 Å². The molecule has 3 unspecified atom stereocenters. The Bertz CT molecular complexity index is 967. The topological polar surface area (TPSA) is 118 Å². The fraction of sp³-hybridized carbons (Fsp3) is 1.00. The van der Waals surface area contributed by atoms with Crippen molar-refractivity contribution in [1.29, 1.82) is 0 Å². The molecule has 7 rings (SSSR count). The quantitative estimate of drug-likeness (QED) is 0.375. The molecule has 4 saturated carbocycles. The van der Waals surface area contributed by atoms with E-state index in [0.29, 0.717) is 35.2 Å². The van der Waals surface area contributed by atoms with E-state index >= 15 is 0 Å². The zero-order chi connectivity index (χ0) is 28.9. The smallest absolute Gasteiger partial charge is 0.186 e. The van der Waals surface area contributed by atoms with Gasteiger partial charge in [0.15, 0.2) is 12.1 Å². The Morgan fingerprint density at radius 1 is 0.829 bits per heavy atom. The molecule has 0 aromatic heterocycles. The van der Waals surface area contributed by atoms with Gasteiger partial charge in [0.05, 0.1) is 25.4 Å². The van der Waals surface area contributed by atoms with Gasteiger partial charge >= 0.3 is 0 Å². The predicted molar refractivity (Wildman–Crippen MR) is 150 cm³/mol. The lowest BCUT2D eigenvalue weighted by Gasteiger charge is -2.61. The van der Waals surface area contributed by atoms with E-state index in [4.69, 9.17) is 18.9 Å². The van der Waals surface area contributed by atoms with E-state index in [9.17, 15) is 20.4 Å². The summed E-state index contributed by atoms with van der Waals surface area (Å²) in [4.78, 5) is 0. The normalized spacial score (nSPS) is 60.3. The first-order valence-electron chi connectivity index (χ1n) is 16.8. The Morgan fingerprint density at radius 3 is 2.34 bits per heavy atom. The highest BCUT2D eigenvalue weighted by Crippen LogP contribution is 2.71. The highest BCUT2D eigenvalue weighted by molar-refractivity contribution is 5.15. The van der Waals surface area contributed by atoms with Crippen LogP contribution in [-0.4, -0.2) is 82.3 Å². The van der Waals surface area contributed by atoms with Crippen LogP contribution in [-0.2, 0) is 18.9 Å². The highest BCUT2D eigenvalue weighted by atomic mass is 16.7. The van der Waals surface area contributed by atoms with Crippen LogP contribution in [0.1, 0.15) is 91.9 Å². The van der Waals surface area contributed by atoms with E-state index < -0.39 is 37.3 Å². The van der Waals surface area contributed by atoms with Gasteiger partial charge in [0.1, 0.15) is 24.4 Å². The van der Waals surface area contributed by atoms with E-state index in [-0.39, 0.29) is 17.3 Å². The molecule has 41 heavy (non-hydrogen) atoms. The average molecular weight is 579 g/mol. The first kappa shape index (κ1) is 29.4. The van der Waals surface area contributed by atoms with Crippen LogP contribution in [0.5, 0.6) is 0 Å². The maximum atomic E-state index is 10.5. The zero-order valence-corrected chi connectivity index (χ0v) is 25.5. The fourth-order valence-electron chi connectivity index (χ4n) is 11.7. The average Bonchev–Trinajstić information content (AvgIpc) is 3.40. The van der Waals surface area contributed by atoms with Crippen LogP contribution in [0.2, 0.25) is 0 Å². The molecule has 7 aliphatic rings. The number of hydrogen-bond acceptors (Lipinski definition) is 8. The van der Waals surface area contributed by atoms with Gasteiger partial charge in [-0.2, -0.15) is 0 Å². The molecule has 7 fully saturated rings. The molecule has 1 spiro atoms. The van der Waals surface area contributed by atoms with Crippen molar-refractivity contribution in [2.24, 2.45) is 52.3 Å². The summed E-state index contributed by atoms with van der Waals surface area (Å²) in [6, 6.07) is 0. The largest absolute Gasteiger partial charge is 0.394 e. The van der Waals surface area contributed by atoms with E-state index in [1.807, 2.05) is 0 Å². The van der Waals surface area contributed by atoms with Crippen LogP contribution < -0.4 is 0 Å². The Balaban J connectivity index is 1.03. The molecule has 0 radical (unpaired) electrons. The molecule has 4 N–H and O–H groups in total. The minimum atomic E-state index is -1.40. The van der Waals surface area contributed by atoms with Crippen LogP contribution in [0.25, 0.3) is 0 Å². The highest BCUT2D eigenvalue weighted by Gasteiger charge is 2.69. The maximum Gasteiger partial charge on any atom is 0.186 e. The van der Waals surface area contributed by atoms with Gasteiger partial charge in [0, 0.05) is 12.3 Å². The standard InChI is InChI=1S/C33H54O8/c1-17-7-12-33(38-16-17)18(2)26-24(41-33)14-23-21-6-5-19-13-20(8-10-31(19,3)22(21)9-11-32(23,26)4)39-30-29(37)28(36)27(35)25(15-34)40-30/h17-30,34-37H,5-16H2,1-4H3/t17?,18-,19?,20?,21+,22-,23-,24-,25+,26-,27-,28-,29+,30+,31-,32-,33+/m0/s1. The van der Waals surface area contributed by atoms with Crippen molar-refractivity contribution in [2.45, 2.75) is 141 Å². The van der Waals surface area contributed by atoms with Crippen molar-refractivity contribution in [3.8, 4) is 0 Å². The molecule has 17 atom stereocenters. The molecule has 0 bridgehead atoms. The number of ether oxygens (including phenoxy) is 4. The third kappa shape index (κ3) is 4.36. The molecular formula is C33H54O8. The molecule has 0 aromatic carbocycles. The summed E-state index contributed by atoms with van der Waals surface area (Å²) in [6.45, 7) is 10.3. The molecule has 0 aromatic rings. The van der Waals surface area contributed by atoms with Crippen LogP contribution in [0.4, 0.5) is 0 Å². The summed E-state index contributed by atoms with van der Waals surface area (Å²) in [6.07, 6.45) is 5.64. The maximum absolute atomic E-state index is 10.5.